The van der Waals surface area contributed by atoms with Crippen molar-refractivity contribution < 1.29 is 9.90 Å². The molecule has 0 saturated heterocycles. The SMILES string of the molecule is CC(N)(CCCCSCCO)C(N)=O. The first kappa shape index (κ1) is 13.7. The molecule has 0 aliphatic heterocycles. The zero-order valence-corrected chi connectivity index (χ0v) is 9.48. The Hall–Kier alpha value is -0.260. The van der Waals surface area contributed by atoms with Crippen LogP contribution in [0.1, 0.15) is 26.2 Å². The van der Waals surface area contributed by atoms with Crippen molar-refractivity contribution in [1.29, 1.82) is 0 Å². The topological polar surface area (TPSA) is 89.3 Å². The van der Waals surface area contributed by atoms with E-state index >= 15 is 0 Å². The lowest BCUT2D eigenvalue weighted by Gasteiger charge is -2.19. The van der Waals surface area contributed by atoms with E-state index in [9.17, 15) is 4.79 Å². The van der Waals surface area contributed by atoms with Crippen molar-refractivity contribution in [2.75, 3.05) is 18.1 Å². The predicted octanol–water partition coefficient (Wildman–Crippen LogP) is 0.0849. The fourth-order valence-electron chi connectivity index (χ4n) is 0.986. The zero-order valence-electron chi connectivity index (χ0n) is 8.66. The lowest BCUT2D eigenvalue weighted by molar-refractivity contribution is -0.122. The van der Waals surface area contributed by atoms with Crippen LogP contribution in [0.3, 0.4) is 0 Å². The van der Waals surface area contributed by atoms with E-state index in [-0.39, 0.29) is 6.61 Å². The Morgan fingerprint density at radius 3 is 2.57 bits per heavy atom. The van der Waals surface area contributed by atoms with Gasteiger partial charge in [0, 0.05) is 5.75 Å². The molecule has 0 rings (SSSR count). The van der Waals surface area contributed by atoms with Gasteiger partial charge >= 0.3 is 0 Å². The van der Waals surface area contributed by atoms with Crippen molar-refractivity contribution in [3.63, 3.8) is 0 Å². The molecule has 0 aromatic carbocycles. The van der Waals surface area contributed by atoms with Gasteiger partial charge in [-0.15, -0.1) is 0 Å². The fraction of sp³-hybridized carbons (Fsp3) is 0.889. The average Bonchev–Trinajstić information content (AvgIpc) is 2.10. The lowest BCUT2D eigenvalue weighted by Crippen LogP contribution is -2.49. The molecule has 1 atom stereocenters. The number of thioether (sulfide) groups is 1. The highest BCUT2D eigenvalue weighted by molar-refractivity contribution is 7.99. The molecule has 0 heterocycles. The van der Waals surface area contributed by atoms with Crippen LogP contribution < -0.4 is 11.5 Å². The monoisotopic (exact) mass is 220 g/mol. The van der Waals surface area contributed by atoms with Crippen LogP contribution in [0.15, 0.2) is 0 Å². The number of amides is 1. The Kier molecular flexibility index (Phi) is 6.96. The number of hydrogen-bond acceptors (Lipinski definition) is 4. The summed E-state index contributed by atoms with van der Waals surface area (Å²) in [7, 11) is 0. The number of aliphatic hydroxyl groups excluding tert-OH is 1. The molecule has 0 fully saturated rings. The van der Waals surface area contributed by atoms with Crippen LogP contribution in [0.5, 0.6) is 0 Å². The van der Waals surface area contributed by atoms with Gasteiger partial charge in [0.15, 0.2) is 0 Å². The molecule has 5 N–H and O–H groups in total. The molecular weight excluding hydrogens is 200 g/mol. The summed E-state index contributed by atoms with van der Waals surface area (Å²) in [6.45, 7) is 1.89. The normalized spacial score (nSPS) is 15.1. The quantitative estimate of drug-likeness (QED) is 0.506. The Morgan fingerprint density at radius 2 is 2.07 bits per heavy atom. The molecule has 0 aliphatic carbocycles. The van der Waals surface area contributed by atoms with Crippen molar-refractivity contribution in [3.8, 4) is 0 Å². The van der Waals surface area contributed by atoms with Gasteiger partial charge in [0.05, 0.1) is 12.1 Å². The summed E-state index contributed by atoms with van der Waals surface area (Å²) in [5, 5.41) is 8.52. The second-order valence-electron chi connectivity index (χ2n) is 3.57. The number of primary amides is 1. The fourth-order valence-corrected chi connectivity index (χ4v) is 1.73. The molecule has 0 aromatic heterocycles. The minimum Gasteiger partial charge on any atom is -0.396 e. The molecule has 0 aromatic rings. The maximum Gasteiger partial charge on any atom is 0.237 e. The third kappa shape index (κ3) is 6.23. The summed E-state index contributed by atoms with van der Waals surface area (Å²) in [5.41, 5.74) is 9.94. The molecule has 0 aliphatic rings. The van der Waals surface area contributed by atoms with Crippen molar-refractivity contribution in [2.24, 2.45) is 11.5 Å². The van der Waals surface area contributed by atoms with Crippen LogP contribution in [0.25, 0.3) is 0 Å². The molecule has 14 heavy (non-hydrogen) atoms. The number of aliphatic hydroxyl groups is 1. The summed E-state index contributed by atoms with van der Waals surface area (Å²) in [6.07, 6.45) is 2.53. The van der Waals surface area contributed by atoms with Gasteiger partial charge in [-0.05, 0) is 25.5 Å². The number of hydrogen-bond donors (Lipinski definition) is 3. The average molecular weight is 220 g/mol. The van der Waals surface area contributed by atoms with Gasteiger partial charge in [-0.2, -0.15) is 11.8 Å². The summed E-state index contributed by atoms with van der Waals surface area (Å²) >= 11 is 1.71. The van der Waals surface area contributed by atoms with Gasteiger partial charge in [0.1, 0.15) is 0 Å². The van der Waals surface area contributed by atoms with E-state index in [4.69, 9.17) is 16.6 Å². The first-order chi connectivity index (χ1) is 6.50. The van der Waals surface area contributed by atoms with Crippen molar-refractivity contribution in [1.82, 2.24) is 0 Å². The number of carbonyl (C=O) groups excluding carboxylic acids is 1. The number of unbranched alkanes of at least 4 members (excludes halogenated alkanes) is 1. The maximum absolute atomic E-state index is 10.8. The zero-order chi connectivity index (χ0) is 11.0. The van der Waals surface area contributed by atoms with Gasteiger partial charge < -0.3 is 16.6 Å². The van der Waals surface area contributed by atoms with E-state index in [0.29, 0.717) is 6.42 Å². The molecule has 0 radical (unpaired) electrons. The summed E-state index contributed by atoms with van der Waals surface area (Å²) < 4.78 is 0. The minimum atomic E-state index is -0.873. The third-order valence-corrected chi connectivity index (χ3v) is 3.08. The highest BCUT2D eigenvalue weighted by Crippen LogP contribution is 2.12. The number of rotatable bonds is 8. The van der Waals surface area contributed by atoms with Gasteiger partial charge in [-0.3, -0.25) is 4.79 Å². The van der Waals surface area contributed by atoms with Gasteiger partial charge in [0.25, 0.3) is 0 Å². The van der Waals surface area contributed by atoms with Crippen LogP contribution >= 0.6 is 11.8 Å². The maximum atomic E-state index is 10.8. The minimum absolute atomic E-state index is 0.223. The molecular formula is C9H20N2O2S. The Morgan fingerprint density at radius 1 is 1.43 bits per heavy atom. The second kappa shape index (κ2) is 7.09. The molecule has 0 saturated carbocycles. The molecule has 4 nitrogen and oxygen atoms in total. The molecule has 1 unspecified atom stereocenters. The van der Waals surface area contributed by atoms with Crippen LogP contribution in [0, 0.1) is 0 Å². The summed E-state index contributed by atoms with van der Waals surface area (Å²) in [6, 6.07) is 0. The van der Waals surface area contributed by atoms with Crippen LogP contribution in [0.2, 0.25) is 0 Å². The molecule has 1 amide bonds. The van der Waals surface area contributed by atoms with Crippen molar-refractivity contribution >= 4 is 17.7 Å². The van der Waals surface area contributed by atoms with E-state index in [1.54, 1.807) is 18.7 Å². The number of nitrogens with two attached hydrogens (primary N) is 2. The Bertz CT molecular complexity index is 174. The van der Waals surface area contributed by atoms with E-state index < -0.39 is 11.4 Å². The van der Waals surface area contributed by atoms with Crippen LogP contribution in [0.4, 0.5) is 0 Å². The summed E-state index contributed by atoms with van der Waals surface area (Å²) in [4.78, 5) is 10.8. The van der Waals surface area contributed by atoms with Gasteiger partial charge in [0.2, 0.25) is 5.91 Å². The first-order valence-corrected chi connectivity index (χ1v) is 5.93. The van der Waals surface area contributed by atoms with E-state index in [0.717, 1.165) is 24.3 Å². The first-order valence-electron chi connectivity index (χ1n) is 4.78. The van der Waals surface area contributed by atoms with E-state index in [2.05, 4.69) is 0 Å². The second-order valence-corrected chi connectivity index (χ2v) is 4.80. The summed E-state index contributed by atoms with van der Waals surface area (Å²) in [5.74, 6) is 1.32. The number of carbonyl (C=O) groups is 1. The lowest BCUT2D eigenvalue weighted by atomic mass is 9.96. The predicted molar refractivity (Wildman–Crippen MR) is 60.0 cm³/mol. The van der Waals surface area contributed by atoms with Crippen molar-refractivity contribution in [2.45, 2.75) is 31.7 Å². The van der Waals surface area contributed by atoms with Gasteiger partial charge in [-0.1, -0.05) is 6.42 Å². The molecule has 5 heteroatoms. The Labute approximate surface area is 89.4 Å². The highest BCUT2D eigenvalue weighted by Gasteiger charge is 2.24. The third-order valence-electron chi connectivity index (χ3n) is 2.03. The van der Waals surface area contributed by atoms with Crippen molar-refractivity contribution in [3.05, 3.63) is 0 Å². The van der Waals surface area contributed by atoms with E-state index in [1.165, 1.54) is 0 Å². The largest absolute Gasteiger partial charge is 0.396 e. The van der Waals surface area contributed by atoms with Crippen LogP contribution in [-0.2, 0) is 4.79 Å². The Balaban J connectivity index is 3.40. The molecule has 0 bridgehead atoms. The smallest absolute Gasteiger partial charge is 0.237 e. The molecule has 84 valence electrons. The van der Waals surface area contributed by atoms with E-state index in [1.807, 2.05) is 0 Å². The standard InChI is InChI=1S/C9H20N2O2S/c1-9(11,8(10)13)4-2-3-6-14-7-5-12/h12H,2-7,11H2,1H3,(H2,10,13). The van der Waals surface area contributed by atoms with Crippen LogP contribution in [-0.4, -0.2) is 34.7 Å². The van der Waals surface area contributed by atoms with Gasteiger partial charge in [-0.25, -0.2) is 0 Å². The highest BCUT2D eigenvalue weighted by atomic mass is 32.2. The molecule has 0 spiro atoms.